The molecular weight excluding hydrogens is 448 g/mol. The van der Waals surface area contributed by atoms with Crippen molar-refractivity contribution in [3.05, 3.63) is 66.5 Å². The number of allylic oxidation sites excluding steroid dienone is 4. The highest BCUT2D eigenvalue weighted by atomic mass is 16.3. The second-order valence-electron chi connectivity index (χ2n) is 9.24. The Bertz CT molecular complexity index is 1100. The molecular formula is C29H40N6O. The van der Waals surface area contributed by atoms with Crippen molar-refractivity contribution >= 4 is 23.2 Å². The van der Waals surface area contributed by atoms with Crippen LogP contribution in [0.4, 0.5) is 5.82 Å². The van der Waals surface area contributed by atoms with Crippen LogP contribution in [-0.4, -0.2) is 84.5 Å². The van der Waals surface area contributed by atoms with E-state index < -0.39 is 0 Å². The molecule has 0 amide bonds. The molecule has 0 saturated carbocycles. The minimum absolute atomic E-state index is 0.162. The number of likely N-dealkylation sites (tertiary alicyclic amines) is 1. The maximum Gasteiger partial charge on any atom is 0.161 e. The first-order valence-electron chi connectivity index (χ1n) is 12.7. The summed E-state index contributed by atoms with van der Waals surface area (Å²) in [6.07, 6.45) is 12.2. The third-order valence-corrected chi connectivity index (χ3v) is 6.14. The summed E-state index contributed by atoms with van der Waals surface area (Å²) in [4.78, 5) is 18.4. The lowest BCUT2D eigenvalue weighted by Crippen LogP contribution is -2.38. The lowest BCUT2D eigenvalue weighted by atomic mass is 10.0. The quantitative estimate of drug-likeness (QED) is 0.356. The van der Waals surface area contributed by atoms with E-state index in [4.69, 9.17) is 9.97 Å². The second-order valence-corrected chi connectivity index (χ2v) is 9.24. The molecule has 0 spiro atoms. The van der Waals surface area contributed by atoms with Gasteiger partial charge in [-0.3, -0.25) is 4.99 Å². The van der Waals surface area contributed by atoms with Crippen molar-refractivity contribution in [1.82, 2.24) is 19.8 Å². The van der Waals surface area contributed by atoms with Crippen molar-refractivity contribution in [2.75, 3.05) is 52.6 Å². The molecule has 3 rings (SSSR count). The molecule has 1 aliphatic rings. The minimum Gasteiger partial charge on any atom is -0.393 e. The highest BCUT2D eigenvalue weighted by molar-refractivity contribution is 6.11. The molecule has 1 aromatic heterocycles. The molecule has 0 unspecified atom stereocenters. The van der Waals surface area contributed by atoms with Gasteiger partial charge in [0.15, 0.2) is 5.82 Å². The number of hydrogen-bond donors (Lipinski definition) is 2. The number of rotatable bonds is 11. The number of benzene rings is 1. The summed E-state index contributed by atoms with van der Waals surface area (Å²) in [5.74, 6) is 1.47. The van der Waals surface area contributed by atoms with Crippen molar-refractivity contribution in [2.24, 2.45) is 4.99 Å². The first-order valence-corrected chi connectivity index (χ1v) is 12.7. The zero-order valence-electron chi connectivity index (χ0n) is 22.1. The van der Waals surface area contributed by atoms with Gasteiger partial charge in [0, 0.05) is 82.6 Å². The molecule has 1 fully saturated rings. The van der Waals surface area contributed by atoms with E-state index in [1.165, 1.54) is 0 Å². The Labute approximate surface area is 216 Å². The maximum atomic E-state index is 9.79. The molecule has 2 aromatic rings. The van der Waals surface area contributed by atoms with Gasteiger partial charge in [0.2, 0.25) is 0 Å². The Morgan fingerprint density at radius 1 is 1.28 bits per heavy atom. The molecule has 7 nitrogen and oxygen atoms in total. The molecule has 1 saturated heterocycles. The SMILES string of the molecule is C=C/C(=C\N(C)C)c1cccc(-c2ncc(/C(C=NC)=C/CC)c(NCCN3CCC(O)CC3)n2)c1. The molecule has 7 heteroatoms. The number of aromatic nitrogens is 2. The van der Waals surface area contributed by atoms with Crippen molar-refractivity contribution in [3.63, 3.8) is 0 Å². The highest BCUT2D eigenvalue weighted by Gasteiger charge is 2.17. The van der Waals surface area contributed by atoms with Gasteiger partial charge in [-0.15, -0.1) is 0 Å². The Morgan fingerprint density at radius 2 is 2.06 bits per heavy atom. The molecule has 0 bridgehead atoms. The summed E-state index contributed by atoms with van der Waals surface area (Å²) in [7, 11) is 5.78. The van der Waals surface area contributed by atoms with E-state index in [-0.39, 0.29) is 6.10 Å². The van der Waals surface area contributed by atoms with Gasteiger partial charge in [0.05, 0.1) is 6.10 Å². The number of nitrogens with one attached hydrogen (secondary N) is 1. The first kappa shape index (κ1) is 27.3. The topological polar surface area (TPSA) is 76.9 Å². The van der Waals surface area contributed by atoms with E-state index in [0.717, 1.165) is 79.1 Å². The standard InChI is InChI=1S/C29H40N6O/c1-6-9-25(19-30-3)27-20-32-28(24-11-8-10-23(18-24)22(7-2)21-34(4)5)33-29(27)31-14-17-35-15-12-26(36)13-16-35/h7-11,18-21,26,36H,2,6,12-17H2,1,3-5H3,(H,31,32,33)/b22-21+,25-9+,30-19?. The minimum atomic E-state index is -0.162. The summed E-state index contributed by atoms with van der Waals surface area (Å²) < 4.78 is 0. The predicted octanol–water partition coefficient (Wildman–Crippen LogP) is 4.59. The summed E-state index contributed by atoms with van der Waals surface area (Å²) >= 11 is 0. The van der Waals surface area contributed by atoms with Gasteiger partial charge < -0.3 is 20.2 Å². The van der Waals surface area contributed by atoms with Gasteiger partial charge in [0.25, 0.3) is 0 Å². The Hall–Kier alpha value is -3.29. The number of aliphatic imine (C=N–C) groups is 1. The van der Waals surface area contributed by atoms with E-state index in [1.54, 1.807) is 7.05 Å². The van der Waals surface area contributed by atoms with Crippen molar-refractivity contribution in [2.45, 2.75) is 32.3 Å². The van der Waals surface area contributed by atoms with Gasteiger partial charge in [0.1, 0.15) is 5.82 Å². The number of aliphatic hydroxyl groups excluding tert-OH is 1. The monoisotopic (exact) mass is 488 g/mol. The number of hydrogen-bond acceptors (Lipinski definition) is 7. The second kappa shape index (κ2) is 13.7. The third-order valence-electron chi connectivity index (χ3n) is 6.14. The van der Waals surface area contributed by atoms with Gasteiger partial charge in [-0.1, -0.05) is 43.9 Å². The molecule has 0 radical (unpaired) electrons. The summed E-state index contributed by atoms with van der Waals surface area (Å²) in [5, 5.41) is 13.4. The lowest BCUT2D eigenvalue weighted by molar-refractivity contribution is 0.0845. The largest absolute Gasteiger partial charge is 0.393 e. The first-order chi connectivity index (χ1) is 17.4. The fourth-order valence-electron chi connectivity index (χ4n) is 4.29. The fraction of sp³-hybridized carbons (Fsp3) is 0.414. The molecule has 0 atom stereocenters. The summed E-state index contributed by atoms with van der Waals surface area (Å²) in [6.45, 7) is 9.59. The Morgan fingerprint density at radius 3 is 2.72 bits per heavy atom. The molecule has 1 aliphatic heterocycles. The van der Waals surface area contributed by atoms with Crippen LogP contribution >= 0.6 is 0 Å². The number of anilines is 1. The van der Waals surface area contributed by atoms with Crippen LogP contribution in [0.25, 0.3) is 22.5 Å². The van der Waals surface area contributed by atoms with E-state index in [2.05, 4.69) is 53.1 Å². The van der Waals surface area contributed by atoms with Crippen molar-refractivity contribution in [1.29, 1.82) is 0 Å². The van der Waals surface area contributed by atoms with E-state index in [0.29, 0.717) is 5.82 Å². The zero-order valence-corrected chi connectivity index (χ0v) is 22.1. The van der Waals surface area contributed by atoms with Gasteiger partial charge in [-0.25, -0.2) is 9.97 Å². The number of nitrogens with zero attached hydrogens (tertiary/aromatic N) is 5. The average molecular weight is 489 g/mol. The van der Waals surface area contributed by atoms with Crippen molar-refractivity contribution in [3.8, 4) is 11.4 Å². The molecule has 36 heavy (non-hydrogen) atoms. The molecule has 1 aromatic carbocycles. The molecule has 2 N–H and O–H groups in total. The Balaban J connectivity index is 1.92. The van der Waals surface area contributed by atoms with Crippen LogP contribution in [0, 0.1) is 0 Å². The van der Waals surface area contributed by atoms with Crippen LogP contribution in [0.3, 0.4) is 0 Å². The molecule has 0 aliphatic carbocycles. The van der Waals surface area contributed by atoms with E-state index >= 15 is 0 Å². The van der Waals surface area contributed by atoms with Gasteiger partial charge >= 0.3 is 0 Å². The summed E-state index contributed by atoms with van der Waals surface area (Å²) in [6, 6.07) is 8.24. The predicted molar refractivity (Wildman–Crippen MR) is 152 cm³/mol. The van der Waals surface area contributed by atoms with Crippen LogP contribution in [-0.2, 0) is 0 Å². The fourth-order valence-corrected chi connectivity index (χ4v) is 4.29. The summed E-state index contributed by atoms with van der Waals surface area (Å²) in [5.41, 5.74) is 5.00. The smallest absolute Gasteiger partial charge is 0.161 e. The Kier molecular flexibility index (Phi) is 10.4. The normalized spacial score (nSPS) is 15.9. The van der Waals surface area contributed by atoms with Crippen LogP contribution in [0.1, 0.15) is 37.3 Å². The van der Waals surface area contributed by atoms with Crippen LogP contribution in [0.2, 0.25) is 0 Å². The third kappa shape index (κ3) is 7.60. The maximum absolute atomic E-state index is 9.79. The lowest BCUT2D eigenvalue weighted by Gasteiger charge is -2.29. The van der Waals surface area contributed by atoms with Crippen LogP contribution < -0.4 is 5.32 Å². The zero-order chi connectivity index (χ0) is 25.9. The van der Waals surface area contributed by atoms with E-state index in [9.17, 15) is 5.11 Å². The molecule has 2 heterocycles. The number of piperidine rings is 1. The van der Waals surface area contributed by atoms with Gasteiger partial charge in [-0.2, -0.15) is 0 Å². The van der Waals surface area contributed by atoms with Crippen LogP contribution in [0.15, 0.2) is 60.4 Å². The highest BCUT2D eigenvalue weighted by Crippen LogP contribution is 2.27. The number of aliphatic hydroxyl groups is 1. The molecule has 192 valence electrons. The van der Waals surface area contributed by atoms with Crippen molar-refractivity contribution < 1.29 is 5.11 Å². The van der Waals surface area contributed by atoms with Gasteiger partial charge in [-0.05, 0) is 36.5 Å². The average Bonchev–Trinajstić information content (AvgIpc) is 2.88. The van der Waals surface area contributed by atoms with Crippen LogP contribution in [0.5, 0.6) is 0 Å². The van der Waals surface area contributed by atoms with E-state index in [1.807, 2.05) is 49.6 Å².